The second-order valence-corrected chi connectivity index (χ2v) is 4.79. The molecule has 0 saturated carbocycles. The predicted octanol–water partition coefficient (Wildman–Crippen LogP) is 3.48. The van der Waals surface area contributed by atoms with Crippen LogP contribution in [0.2, 0.25) is 0 Å². The molecule has 2 aromatic rings. The Labute approximate surface area is 119 Å². The molecule has 0 aliphatic heterocycles. The molecule has 0 radical (unpaired) electrons. The third kappa shape index (κ3) is 2.62. The van der Waals surface area contributed by atoms with E-state index in [1.807, 2.05) is 0 Å². The van der Waals surface area contributed by atoms with Gasteiger partial charge in [0.15, 0.2) is 0 Å². The summed E-state index contributed by atoms with van der Waals surface area (Å²) >= 11 is 0. The standard InChI is InChI=1S/C14H13FN2O4/c1-8(2)16-12(5-6-13(16)14(18)19)10-4-3-9(17(20)21)7-11(10)15/h3-8H,1-2H3,(H,18,19). The van der Waals surface area contributed by atoms with Gasteiger partial charge in [-0.05, 0) is 32.0 Å². The van der Waals surface area contributed by atoms with Crippen LogP contribution in [0.3, 0.4) is 0 Å². The molecular weight excluding hydrogens is 279 g/mol. The summed E-state index contributed by atoms with van der Waals surface area (Å²) in [4.78, 5) is 21.1. The average Bonchev–Trinajstić information content (AvgIpc) is 2.83. The molecule has 0 saturated heterocycles. The highest BCUT2D eigenvalue weighted by molar-refractivity contribution is 5.87. The molecule has 0 amide bonds. The van der Waals surface area contributed by atoms with E-state index in [0.717, 1.165) is 6.07 Å². The second-order valence-electron chi connectivity index (χ2n) is 4.79. The third-order valence-electron chi connectivity index (χ3n) is 3.09. The zero-order valence-corrected chi connectivity index (χ0v) is 11.4. The van der Waals surface area contributed by atoms with Crippen LogP contribution in [0.15, 0.2) is 30.3 Å². The SMILES string of the molecule is CC(C)n1c(C(=O)O)ccc1-c1ccc([N+](=O)[O-])cc1F. The number of carboxylic acids is 1. The number of hydrogen-bond acceptors (Lipinski definition) is 3. The summed E-state index contributed by atoms with van der Waals surface area (Å²) in [6.07, 6.45) is 0. The summed E-state index contributed by atoms with van der Waals surface area (Å²) in [5.41, 5.74) is 0.187. The monoisotopic (exact) mass is 292 g/mol. The molecule has 0 aliphatic rings. The van der Waals surface area contributed by atoms with Gasteiger partial charge in [0, 0.05) is 17.7 Å². The smallest absolute Gasteiger partial charge is 0.352 e. The second kappa shape index (κ2) is 5.35. The molecule has 2 rings (SSSR count). The van der Waals surface area contributed by atoms with E-state index in [1.165, 1.54) is 28.8 Å². The summed E-state index contributed by atoms with van der Waals surface area (Å²) in [7, 11) is 0. The highest BCUT2D eigenvalue weighted by atomic mass is 19.1. The van der Waals surface area contributed by atoms with Crippen molar-refractivity contribution in [3.63, 3.8) is 0 Å². The fourth-order valence-corrected chi connectivity index (χ4v) is 2.22. The highest BCUT2D eigenvalue weighted by Gasteiger charge is 2.20. The number of hydrogen-bond donors (Lipinski definition) is 1. The van der Waals surface area contributed by atoms with Gasteiger partial charge in [-0.3, -0.25) is 10.1 Å². The first-order valence-corrected chi connectivity index (χ1v) is 6.21. The molecule has 0 aliphatic carbocycles. The van der Waals surface area contributed by atoms with Crippen LogP contribution in [0.25, 0.3) is 11.3 Å². The molecule has 7 heteroatoms. The van der Waals surface area contributed by atoms with Crippen molar-refractivity contribution in [2.24, 2.45) is 0 Å². The molecule has 21 heavy (non-hydrogen) atoms. The summed E-state index contributed by atoms with van der Waals surface area (Å²) < 4.78 is 15.6. The molecule has 0 bridgehead atoms. The highest BCUT2D eigenvalue weighted by Crippen LogP contribution is 2.30. The van der Waals surface area contributed by atoms with Crippen molar-refractivity contribution in [2.45, 2.75) is 19.9 Å². The molecule has 1 aromatic carbocycles. The molecule has 0 atom stereocenters. The lowest BCUT2D eigenvalue weighted by molar-refractivity contribution is -0.385. The normalized spacial score (nSPS) is 10.9. The maximum absolute atomic E-state index is 14.1. The van der Waals surface area contributed by atoms with Gasteiger partial charge in [0.05, 0.1) is 16.7 Å². The Balaban J connectivity index is 2.62. The van der Waals surface area contributed by atoms with Crippen LogP contribution in [0.1, 0.15) is 30.4 Å². The van der Waals surface area contributed by atoms with Gasteiger partial charge < -0.3 is 9.67 Å². The summed E-state index contributed by atoms with van der Waals surface area (Å²) in [5.74, 6) is -1.88. The van der Waals surface area contributed by atoms with Gasteiger partial charge in [-0.1, -0.05) is 0 Å². The van der Waals surface area contributed by atoms with Gasteiger partial charge in [-0.15, -0.1) is 0 Å². The first-order valence-electron chi connectivity index (χ1n) is 6.21. The predicted molar refractivity (Wildman–Crippen MR) is 73.8 cm³/mol. The van der Waals surface area contributed by atoms with Gasteiger partial charge in [-0.25, -0.2) is 9.18 Å². The number of nitro groups is 1. The van der Waals surface area contributed by atoms with Gasteiger partial charge >= 0.3 is 5.97 Å². The van der Waals surface area contributed by atoms with Crippen molar-refractivity contribution < 1.29 is 19.2 Å². The number of aromatic nitrogens is 1. The molecule has 0 unspecified atom stereocenters. The van der Waals surface area contributed by atoms with Crippen LogP contribution in [0.5, 0.6) is 0 Å². The molecule has 0 fully saturated rings. The minimum Gasteiger partial charge on any atom is -0.477 e. The summed E-state index contributed by atoms with van der Waals surface area (Å²) in [6.45, 7) is 3.55. The third-order valence-corrected chi connectivity index (χ3v) is 3.09. The van der Waals surface area contributed by atoms with Crippen molar-refractivity contribution in [1.82, 2.24) is 4.57 Å². The Morgan fingerprint density at radius 1 is 1.33 bits per heavy atom. The quantitative estimate of drug-likeness (QED) is 0.690. The van der Waals surface area contributed by atoms with Crippen LogP contribution < -0.4 is 0 Å². The molecule has 110 valence electrons. The largest absolute Gasteiger partial charge is 0.477 e. The van der Waals surface area contributed by atoms with Gasteiger partial charge in [-0.2, -0.15) is 0 Å². The molecule has 6 nitrogen and oxygen atoms in total. The fraction of sp³-hybridized carbons (Fsp3) is 0.214. The maximum atomic E-state index is 14.1. The first kappa shape index (κ1) is 14.7. The van der Waals surface area contributed by atoms with Crippen molar-refractivity contribution >= 4 is 11.7 Å². The van der Waals surface area contributed by atoms with E-state index in [1.54, 1.807) is 13.8 Å². The van der Waals surface area contributed by atoms with E-state index in [4.69, 9.17) is 5.11 Å². The number of benzene rings is 1. The molecule has 1 aromatic heterocycles. The van der Waals surface area contributed by atoms with Crippen LogP contribution in [0.4, 0.5) is 10.1 Å². The van der Waals surface area contributed by atoms with Crippen LogP contribution in [-0.2, 0) is 0 Å². The minimum atomic E-state index is -1.11. The van der Waals surface area contributed by atoms with Crippen molar-refractivity contribution in [2.75, 3.05) is 0 Å². The Kier molecular flexibility index (Phi) is 3.75. The number of carbonyl (C=O) groups is 1. The Morgan fingerprint density at radius 3 is 2.48 bits per heavy atom. The van der Waals surface area contributed by atoms with E-state index in [-0.39, 0.29) is 23.0 Å². The lowest BCUT2D eigenvalue weighted by Crippen LogP contribution is -2.12. The number of aromatic carboxylic acids is 1. The number of halogens is 1. The lowest BCUT2D eigenvalue weighted by atomic mass is 10.1. The van der Waals surface area contributed by atoms with Crippen molar-refractivity contribution in [1.29, 1.82) is 0 Å². The first-order chi connectivity index (χ1) is 9.82. The Hall–Kier alpha value is -2.70. The molecule has 1 heterocycles. The van der Waals surface area contributed by atoms with E-state index < -0.39 is 16.7 Å². The van der Waals surface area contributed by atoms with Gasteiger partial charge in [0.25, 0.3) is 5.69 Å². The number of non-ortho nitro benzene ring substituents is 1. The summed E-state index contributed by atoms with van der Waals surface area (Å²) in [6, 6.07) is 5.99. The number of nitro benzene ring substituents is 1. The number of carboxylic acid groups (broad SMARTS) is 1. The Bertz CT molecular complexity index is 722. The minimum absolute atomic E-state index is 0.0396. The fourth-order valence-electron chi connectivity index (χ4n) is 2.22. The summed E-state index contributed by atoms with van der Waals surface area (Å²) in [5, 5.41) is 19.8. The van der Waals surface area contributed by atoms with E-state index in [9.17, 15) is 19.3 Å². The number of rotatable bonds is 4. The maximum Gasteiger partial charge on any atom is 0.352 e. The zero-order valence-electron chi connectivity index (χ0n) is 11.4. The Morgan fingerprint density at radius 2 is 2.00 bits per heavy atom. The molecular formula is C14H13FN2O4. The van der Waals surface area contributed by atoms with Crippen molar-refractivity contribution in [3.8, 4) is 11.3 Å². The molecule has 1 N–H and O–H groups in total. The van der Waals surface area contributed by atoms with Gasteiger partial charge in [0.2, 0.25) is 0 Å². The van der Waals surface area contributed by atoms with E-state index in [2.05, 4.69) is 0 Å². The van der Waals surface area contributed by atoms with Crippen LogP contribution in [-0.4, -0.2) is 20.6 Å². The van der Waals surface area contributed by atoms with E-state index >= 15 is 0 Å². The van der Waals surface area contributed by atoms with Crippen molar-refractivity contribution in [3.05, 3.63) is 52.0 Å². The van der Waals surface area contributed by atoms with Crippen LogP contribution >= 0.6 is 0 Å². The zero-order chi connectivity index (χ0) is 15.7. The lowest BCUT2D eigenvalue weighted by Gasteiger charge is -2.16. The van der Waals surface area contributed by atoms with Gasteiger partial charge in [0.1, 0.15) is 11.5 Å². The topological polar surface area (TPSA) is 85.4 Å². The van der Waals surface area contributed by atoms with Crippen LogP contribution in [0, 0.1) is 15.9 Å². The number of nitrogens with zero attached hydrogens (tertiary/aromatic N) is 2. The molecule has 0 spiro atoms. The van der Waals surface area contributed by atoms with E-state index in [0.29, 0.717) is 5.69 Å². The average molecular weight is 292 g/mol.